The number of nitrogens with one attached hydrogen (secondary N) is 1. The van der Waals surface area contributed by atoms with E-state index in [-0.39, 0.29) is 24.5 Å². The van der Waals surface area contributed by atoms with Crippen molar-refractivity contribution in [1.29, 1.82) is 0 Å². The first-order chi connectivity index (χ1) is 21.5. The van der Waals surface area contributed by atoms with Crippen LogP contribution >= 0.6 is 0 Å². The summed E-state index contributed by atoms with van der Waals surface area (Å²) in [5.41, 5.74) is 0. The number of ether oxygens (including phenoxy) is 1. The smallest absolute Gasteiger partial charge is 0.322 e. The number of carboxylic acid groups (broad SMARTS) is 1. The summed E-state index contributed by atoms with van der Waals surface area (Å²) in [7, 11) is 0. The average molecular weight is 612 g/mol. The third kappa shape index (κ3) is 31.8. The first kappa shape index (κ1) is 40.9. The number of carbonyl (C=O) groups excluding carboxylic acids is 2. The van der Waals surface area contributed by atoms with Crippen LogP contribution in [0.1, 0.15) is 136 Å². The Morgan fingerprint density at radius 3 is 1.84 bits per heavy atom. The van der Waals surface area contributed by atoms with Crippen LogP contribution in [0.3, 0.4) is 0 Å². The molecule has 0 spiro atoms. The molecule has 0 saturated heterocycles. The van der Waals surface area contributed by atoms with Gasteiger partial charge >= 0.3 is 11.9 Å². The van der Waals surface area contributed by atoms with Gasteiger partial charge in [0.05, 0.1) is 0 Å². The summed E-state index contributed by atoms with van der Waals surface area (Å²) < 4.78 is 5.82. The van der Waals surface area contributed by atoms with E-state index in [0.717, 1.165) is 77.0 Å². The first-order valence-corrected chi connectivity index (χ1v) is 17.1. The zero-order chi connectivity index (χ0) is 32.4. The van der Waals surface area contributed by atoms with E-state index in [1.54, 1.807) is 0 Å². The Balaban J connectivity index is 4.40. The summed E-state index contributed by atoms with van der Waals surface area (Å²) in [4.78, 5) is 34.8. The number of allylic oxidation sites excluding steroid dienone is 11. The molecule has 0 heterocycles. The highest BCUT2D eigenvalue weighted by Gasteiger charge is 2.12. The summed E-state index contributed by atoms with van der Waals surface area (Å²) in [5.74, 6) is -1.44. The minimum Gasteiger partial charge on any atom is -0.480 e. The minimum atomic E-state index is -1.05. The van der Waals surface area contributed by atoms with E-state index in [1.807, 2.05) is 6.08 Å². The van der Waals surface area contributed by atoms with Gasteiger partial charge in [0, 0.05) is 12.8 Å². The number of carboxylic acids is 1. The van der Waals surface area contributed by atoms with Crippen LogP contribution in [-0.2, 0) is 19.1 Å². The summed E-state index contributed by atoms with van der Waals surface area (Å²) in [6.45, 7) is 3.97. The maximum Gasteiger partial charge on any atom is 0.322 e. The zero-order valence-corrected chi connectivity index (χ0v) is 27.7. The Morgan fingerprint density at radius 1 is 0.636 bits per heavy atom. The van der Waals surface area contributed by atoms with E-state index in [2.05, 4.69) is 86.0 Å². The van der Waals surface area contributed by atoms with Gasteiger partial charge in [-0.1, -0.05) is 113 Å². The Labute approximate surface area is 268 Å². The van der Waals surface area contributed by atoms with Crippen molar-refractivity contribution in [3.05, 3.63) is 72.9 Å². The Morgan fingerprint density at radius 2 is 1.18 bits per heavy atom. The van der Waals surface area contributed by atoms with E-state index in [0.29, 0.717) is 25.7 Å². The molecule has 0 aliphatic heterocycles. The number of hydrogen-bond donors (Lipinski definition) is 2. The minimum absolute atomic E-state index is 0.149. The van der Waals surface area contributed by atoms with Gasteiger partial charge in [0.2, 0.25) is 5.91 Å². The van der Waals surface area contributed by atoms with Crippen LogP contribution in [0.5, 0.6) is 0 Å². The number of rotatable bonds is 29. The largest absolute Gasteiger partial charge is 0.480 e. The summed E-state index contributed by atoms with van der Waals surface area (Å²) >= 11 is 0. The maximum absolute atomic E-state index is 12.6. The van der Waals surface area contributed by atoms with Crippen LogP contribution in [0, 0.1) is 0 Å². The van der Waals surface area contributed by atoms with Crippen LogP contribution < -0.4 is 5.32 Å². The molecule has 0 aliphatic rings. The molecular formula is C38H61NO5. The molecule has 2 N–H and O–H groups in total. The molecule has 0 aromatic rings. The molecule has 0 aromatic heterocycles. The number of hydrogen-bond acceptors (Lipinski definition) is 4. The molecule has 1 atom stereocenters. The molecule has 0 aromatic carbocycles. The predicted octanol–water partition coefficient (Wildman–Crippen LogP) is 9.89. The standard InChI is InChI=1S/C38H61NO5/c1-3-5-7-9-11-13-15-16-18-20-22-24-29-33-38(43)44-35(31-27-25-28-32-36(40)39-34-37(41)42)30-26-23-21-19-17-14-12-10-8-6-4-2/h6-9,12-15,19,21,26,30,35H,3-5,10-11,16-18,20,22-25,27-29,31-34H2,1-2H3,(H,39,40)(H,41,42)/b8-6-,9-7-,14-12-,15-13-,21-19-,30-26-. The number of carbonyl (C=O) groups is 3. The highest BCUT2D eigenvalue weighted by molar-refractivity contribution is 5.80. The fourth-order valence-electron chi connectivity index (χ4n) is 4.34. The third-order valence-electron chi connectivity index (χ3n) is 6.83. The molecule has 0 radical (unpaired) electrons. The van der Waals surface area contributed by atoms with Crippen LogP contribution in [-0.4, -0.2) is 35.6 Å². The number of amides is 1. The fraction of sp³-hybridized carbons (Fsp3) is 0.605. The second-order valence-corrected chi connectivity index (χ2v) is 11.0. The lowest BCUT2D eigenvalue weighted by molar-refractivity contribution is -0.147. The lowest BCUT2D eigenvalue weighted by Gasteiger charge is -2.14. The van der Waals surface area contributed by atoms with Crippen molar-refractivity contribution in [2.75, 3.05) is 6.54 Å². The molecule has 0 bridgehead atoms. The Hall–Kier alpha value is -3.15. The number of aliphatic carboxylic acids is 1. The van der Waals surface area contributed by atoms with E-state index in [1.165, 1.54) is 19.3 Å². The van der Waals surface area contributed by atoms with Crippen LogP contribution in [0.25, 0.3) is 0 Å². The third-order valence-corrected chi connectivity index (χ3v) is 6.83. The van der Waals surface area contributed by atoms with Crippen molar-refractivity contribution < 1.29 is 24.2 Å². The second-order valence-electron chi connectivity index (χ2n) is 11.0. The van der Waals surface area contributed by atoms with Crippen molar-refractivity contribution in [2.45, 2.75) is 142 Å². The van der Waals surface area contributed by atoms with Gasteiger partial charge in [-0.25, -0.2) is 0 Å². The zero-order valence-electron chi connectivity index (χ0n) is 27.7. The normalized spacial score (nSPS) is 13.0. The van der Waals surface area contributed by atoms with Gasteiger partial charge in [-0.3, -0.25) is 14.4 Å². The quantitative estimate of drug-likeness (QED) is 0.0499. The predicted molar refractivity (Wildman–Crippen MR) is 184 cm³/mol. The molecule has 1 unspecified atom stereocenters. The molecular weight excluding hydrogens is 550 g/mol. The van der Waals surface area contributed by atoms with Crippen LogP contribution in [0.2, 0.25) is 0 Å². The molecule has 6 heteroatoms. The van der Waals surface area contributed by atoms with Gasteiger partial charge in [0.1, 0.15) is 12.6 Å². The highest BCUT2D eigenvalue weighted by Crippen LogP contribution is 2.14. The highest BCUT2D eigenvalue weighted by atomic mass is 16.5. The van der Waals surface area contributed by atoms with Gasteiger partial charge in [0.15, 0.2) is 0 Å². The lowest BCUT2D eigenvalue weighted by Crippen LogP contribution is -2.28. The molecule has 44 heavy (non-hydrogen) atoms. The van der Waals surface area contributed by atoms with Crippen molar-refractivity contribution >= 4 is 17.8 Å². The second kappa shape index (κ2) is 32.8. The SMILES string of the molecule is CC/C=C\C/C=C\C/C=C\C/C=C\C(CCCCCC(=O)NCC(=O)O)OC(=O)CCCCCCC/C=C\C/C=C\CCC. The maximum atomic E-state index is 12.6. The van der Waals surface area contributed by atoms with Crippen molar-refractivity contribution in [2.24, 2.45) is 0 Å². The van der Waals surface area contributed by atoms with E-state index < -0.39 is 5.97 Å². The number of esters is 1. The van der Waals surface area contributed by atoms with Crippen LogP contribution in [0.4, 0.5) is 0 Å². The van der Waals surface area contributed by atoms with Crippen molar-refractivity contribution in [3.63, 3.8) is 0 Å². The fourth-order valence-corrected chi connectivity index (χ4v) is 4.34. The lowest BCUT2D eigenvalue weighted by atomic mass is 10.1. The Bertz CT molecular complexity index is 897. The summed E-state index contributed by atoms with van der Waals surface area (Å²) in [5, 5.41) is 11.0. The van der Waals surface area contributed by atoms with E-state index >= 15 is 0 Å². The molecule has 6 nitrogen and oxygen atoms in total. The molecule has 0 rings (SSSR count). The van der Waals surface area contributed by atoms with Gasteiger partial charge in [-0.15, -0.1) is 0 Å². The van der Waals surface area contributed by atoms with Gasteiger partial charge in [-0.05, 0) is 83.1 Å². The molecule has 248 valence electrons. The van der Waals surface area contributed by atoms with Crippen LogP contribution in [0.15, 0.2) is 72.9 Å². The van der Waals surface area contributed by atoms with Gasteiger partial charge in [0.25, 0.3) is 0 Å². The topological polar surface area (TPSA) is 92.7 Å². The molecule has 0 aliphatic carbocycles. The number of unbranched alkanes of at least 4 members (excludes halogenated alkanes) is 8. The van der Waals surface area contributed by atoms with Gasteiger partial charge in [-0.2, -0.15) is 0 Å². The summed E-state index contributed by atoms with van der Waals surface area (Å²) in [6.07, 6.45) is 43.1. The monoisotopic (exact) mass is 611 g/mol. The molecule has 0 saturated carbocycles. The first-order valence-electron chi connectivity index (χ1n) is 17.1. The van der Waals surface area contributed by atoms with Crippen molar-refractivity contribution in [3.8, 4) is 0 Å². The molecule has 0 fully saturated rings. The van der Waals surface area contributed by atoms with E-state index in [4.69, 9.17) is 9.84 Å². The van der Waals surface area contributed by atoms with E-state index in [9.17, 15) is 14.4 Å². The summed E-state index contributed by atoms with van der Waals surface area (Å²) in [6, 6.07) is 0. The van der Waals surface area contributed by atoms with Gasteiger partial charge < -0.3 is 15.2 Å². The Kier molecular flexibility index (Phi) is 30.4. The average Bonchev–Trinajstić information content (AvgIpc) is 3.00. The molecule has 1 amide bonds. The van der Waals surface area contributed by atoms with Crippen molar-refractivity contribution in [1.82, 2.24) is 5.32 Å².